The van der Waals surface area contributed by atoms with Crippen molar-refractivity contribution in [1.29, 1.82) is 0 Å². The lowest BCUT2D eigenvalue weighted by Gasteiger charge is -2.07. The maximum absolute atomic E-state index is 12.1. The minimum Gasteiger partial charge on any atom is -0.405 e. The highest BCUT2D eigenvalue weighted by Gasteiger charge is 2.27. The zero-order chi connectivity index (χ0) is 21.4. The predicted molar refractivity (Wildman–Crippen MR) is 97.6 cm³/mol. The molecule has 0 bridgehead atoms. The van der Waals surface area contributed by atoms with Crippen LogP contribution in [0.2, 0.25) is 0 Å². The molecule has 0 aliphatic carbocycles. The Hall–Kier alpha value is -3.57. The highest BCUT2D eigenvalue weighted by molar-refractivity contribution is 5.92. The van der Waals surface area contributed by atoms with Gasteiger partial charge in [0, 0.05) is 13.0 Å². The third kappa shape index (κ3) is 7.16. The second-order valence-corrected chi connectivity index (χ2v) is 5.98. The van der Waals surface area contributed by atoms with Crippen LogP contribution in [0.25, 0.3) is 5.65 Å². The Labute approximate surface area is 163 Å². The van der Waals surface area contributed by atoms with E-state index >= 15 is 0 Å². The number of alkyl halides is 3. The van der Waals surface area contributed by atoms with Crippen molar-refractivity contribution in [3.8, 4) is 0 Å². The Morgan fingerprint density at radius 2 is 2.00 bits per heavy atom. The largest absolute Gasteiger partial charge is 0.405 e. The Bertz CT molecular complexity index is 935. The van der Waals surface area contributed by atoms with E-state index in [1.165, 1.54) is 29.1 Å². The number of nitrogens with two attached hydrogens (primary N) is 2. The number of fused-ring (bicyclic) bond motifs is 1. The summed E-state index contributed by atoms with van der Waals surface area (Å²) in [6.07, 6.45) is 0.898. The summed E-state index contributed by atoms with van der Waals surface area (Å²) in [5.41, 5.74) is 12.3. The molecule has 6 N–H and O–H groups in total. The van der Waals surface area contributed by atoms with Crippen molar-refractivity contribution in [1.82, 2.24) is 25.2 Å². The summed E-state index contributed by atoms with van der Waals surface area (Å²) >= 11 is 0. The number of nitrogens with one attached hydrogen (secondary N) is 2. The summed E-state index contributed by atoms with van der Waals surface area (Å²) in [6.45, 7) is 0.127. The average Bonchev–Trinajstić information content (AvgIpc) is 3.08. The van der Waals surface area contributed by atoms with Gasteiger partial charge in [-0.2, -0.15) is 18.3 Å². The number of rotatable bonds is 8. The van der Waals surface area contributed by atoms with Crippen LogP contribution in [0.1, 0.15) is 24.1 Å². The molecule has 0 unspecified atom stereocenters. The molecule has 29 heavy (non-hydrogen) atoms. The number of amides is 2. The van der Waals surface area contributed by atoms with Crippen molar-refractivity contribution in [2.75, 3.05) is 0 Å². The number of aromatic nitrogens is 3. The molecule has 0 spiro atoms. The molecule has 2 amide bonds. The quantitative estimate of drug-likeness (QED) is 0.371. The number of hydrogen-bond donors (Lipinski definition) is 4. The molecule has 9 nitrogen and oxygen atoms in total. The van der Waals surface area contributed by atoms with Crippen molar-refractivity contribution >= 4 is 17.5 Å². The summed E-state index contributed by atoms with van der Waals surface area (Å²) < 4.78 is 37.8. The molecule has 156 valence electrons. The van der Waals surface area contributed by atoms with Gasteiger partial charge < -0.3 is 22.1 Å². The molecule has 0 aliphatic rings. The first-order chi connectivity index (χ1) is 13.7. The fraction of sp³-hybridized carbons (Fsp3) is 0.294. The first-order valence-electron chi connectivity index (χ1n) is 8.47. The highest BCUT2D eigenvalue weighted by Crippen LogP contribution is 2.21. The van der Waals surface area contributed by atoms with Gasteiger partial charge in [-0.3, -0.25) is 9.59 Å². The van der Waals surface area contributed by atoms with Crippen LogP contribution < -0.4 is 22.1 Å². The van der Waals surface area contributed by atoms with Crippen LogP contribution in [0.15, 0.2) is 42.5 Å². The lowest BCUT2D eigenvalue weighted by Crippen LogP contribution is -2.28. The number of nitrogens with zero attached hydrogens (tertiary/aromatic N) is 3. The number of carbonyl (C=O) groups excluding carboxylic acids is 2. The molecular formula is C17H20F3N7O2. The number of imidazole rings is 1. The van der Waals surface area contributed by atoms with E-state index in [-0.39, 0.29) is 18.8 Å². The Kier molecular flexibility index (Phi) is 7.17. The van der Waals surface area contributed by atoms with E-state index in [9.17, 15) is 22.8 Å². The molecular weight excluding hydrogens is 391 g/mol. The normalized spacial score (nSPS) is 12.4. The first kappa shape index (κ1) is 21.7. The van der Waals surface area contributed by atoms with E-state index in [0.29, 0.717) is 16.9 Å². The third-order valence-electron chi connectivity index (χ3n) is 3.63. The topological polar surface area (TPSA) is 140 Å². The molecule has 0 fully saturated rings. The molecule has 12 heteroatoms. The molecule has 2 aromatic heterocycles. The highest BCUT2D eigenvalue weighted by atomic mass is 19.4. The third-order valence-corrected chi connectivity index (χ3v) is 3.63. The Morgan fingerprint density at radius 3 is 2.69 bits per heavy atom. The van der Waals surface area contributed by atoms with Gasteiger partial charge in [0.25, 0.3) is 5.91 Å². The van der Waals surface area contributed by atoms with Crippen molar-refractivity contribution in [3.63, 3.8) is 0 Å². The molecule has 0 saturated carbocycles. The smallest absolute Gasteiger partial charge is 0.389 e. The second-order valence-electron chi connectivity index (χ2n) is 5.98. The lowest BCUT2D eigenvalue weighted by atomic mass is 10.2. The van der Waals surface area contributed by atoms with Gasteiger partial charge in [-0.25, -0.2) is 9.50 Å². The SMILES string of the molecule is N/C=C\C=C(/N)C(=O)NCc1cn2ncc(CNC(=O)CCC(F)(F)F)cc2n1. The molecule has 2 aromatic rings. The van der Waals surface area contributed by atoms with E-state index < -0.39 is 30.8 Å². The van der Waals surface area contributed by atoms with E-state index in [1.807, 2.05) is 0 Å². The van der Waals surface area contributed by atoms with Crippen LogP contribution >= 0.6 is 0 Å². The monoisotopic (exact) mass is 411 g/mol. The van der Waals surface area contributed by atoms with Crippen molar-refractivity contribution in [3.05, 3.63) is 53.8 Å². The van der Waals surface area contributed by atoms with Gasteiger partial charge in [0.1, 0.15) is 0 Å². The average molecular weight is 411 g/mol. The van der Waals surface area contributed by atoms with Gasteiger partial charge >= 0.3 is 6.18 Å². The molecule has 0 saturated heterocycles. The van der Waals surface area contributed by atoms with Gasteiger partial charge in [0.2, 0.25) is 5.91 Å². The fourth-order valence-electron chi connectivity index (χ4n) is 2.20. The maximum Gasteiger partial charge on any atom is 0.389 e. The van der Waals surface area contributed by atoms with Gasteiger partial charge in [0.15, 0.2) is 5.65 Å². The summed E-state index contributed by atoms with van der Waals surface area (Å²) in [6, 6.07) is 1.63. The summed E-state index contributed by atoms with van der Waals surface area (Å²) in [4.78, 5) is 27.6. The van der Waals surface area contributed by atoms with Crippen LogP contribution in [-0.2, 0) is 22.7 Å². The Balaban J connectivity index is 1.92. The molecule has 0 aliphatic heterocycles. The van der Waals surface area contributed by atoms with Crippen molar-refractivity contribution < 1.29 is 22.8 Å². The minimum atomic E-state index is -4.37. The standard InChI is InChI=1S/C17H20F3N7O2/c18-17(19,20)4-3-15(28)23-7-11-6-14-26-12(10-27(14)25-8-11)9-24-16(29)13(22)2-1-5-21/h1-2,5-6,8,10H,3-4,7,9,21-22H2,(H,23,28)(H,24,29)/b5-1-,13-2-. The van der Waals surface area contributed by atoms with Gasteiger partial charge in [-0.05, 0) is 30.0 Å². The number of allylic oxidation sites excluding steroid dienone is 2. The van der Waals surface area contributed by atoms with Crippen molar-refractivity contribution in [2.24, 2.45) is 11.5 Å². The van der Waals surface area contributed by atoms with Crippen molar-refractivity contribution in [2.45, 2.75) is 32.1 Å². The zero-order valence-corrected chi connectivity index (χ0v) is 15.2. The molecule has 2 rings (SSSR count). The summed E-state index contributed by atoms with van der Waals surface area (Å²) in [5, 5.41) is 9.11. The zero-order valence-electron chi connectivity index (χ0n) is 15.2. The number of carbonyl (C=O) groups is 2. The Morgan fingerprint density at radius 1 is 1.24 bits per heavy atom. The van der Waals surface area contributed by atoms with Gasteiger partial charge in [0.05, 0.1) is 36.8 Å². The number of hydrogen-bond acceptors (Lipinski definition) is 6. The van der Waals surface area contributed by atoms with E-state index in [0.717, 1.165) is 0 Å². The van der Waals surface area contributed by atoms with E-state index in [2.05, 4.69) is 20.7 Å². The van der Waals surface area contributed by atoms with Crippen LogP contribution in [0.4, 0.5) is 13.2 Å². The summed E-state index contributed by atoms with van der Waals surface area (Å²) in [7, 11) is 0. The van der Waals surface area contributed by atoms with Crippen LogP contribution in [-0.4, -0.2) is 32.6 Å². The van der Waals surface area contributed by atoms with Crippen LogP contribution in [0, 0.1) is 0 Å². The van der Waals surface area contributed by atoms with Crippen LogP contribution in [0.3, 0.4) is 0 Å². The fourth-order valence-corrected chi connectivity index (χ4v) is 2.20. The minimum absolute atomic E-state index is 0.0165. The molecule has 0 radical (unpaired) electrons. The van der Waals surface area contributed by atoms with E-state index in [1.54, 1.807) is 12.3 Å². The lowest BCUT2D eigenvalue weighted by molar-refractivity contribution is -0.144. The van der Waals surface area contributed by atoms with E-state index in [4.69, 9.17) is 11.5 Å². The molecule has 2 heterocycles. The first-order valence-corrected chi connectivity index (χ1v) is 8.47. The predicted octanol–water partition coefficient (Wildman–Crippen LogP) is 0.619. The van der Waals surface area contributed by atoms with Gasteiger partial charge in [-0.1, -0.05) is 0 Å². The van der Waals surface area contributed by atoms with Gasteiger partial charge in [-0.15, -0.1) is 0 Å². The van der Waals surface area contributed by atoms with Crippen LogP contribution in [0.5, 0.6) is 0 Å². The number of halogens is 3. The maximum atomic E-state index is 12.1. The molecule has 0 atom stereocenters. The summed E-state index contributed by atoms with van der Waals surface area (Å²) in [5.74, 6) is -1.19. The second kappa shape index (κ2) is 9.57. The molecule has 0 aromatic carbocycles.